The second-order valence-corrected chi connectivity index (χ2v) is 2.78. The zero-order valence-electron chi connectivity index (χ0n) is 6.38. The summed E-state index contributed by atoms with van der Waals surface area (Å²) in [5.74, 6) is -0.0283. The SMILES string of the molecule is O=C(CNc1ccccc1)NI. The van der Waals surface area contributed by atoms with Gasteiger partial charge in [-0.1, -0.05) is 18.2 Å². The van der Waals surface area contributed by atoms with Gasteiger partial charge in [0, 0.05) is 5.69 Å². The van der Waals surface area contributed by atoms with Crippen LogP contribution in [0.15, 0.2) is 30.3 Å². The second-order valence-electron chi connectivity index (χ2n) is 2.24. The highest BCUT2D eigenvalue weighted by Crippen LogP contribution is 2.03. The van der Waals surface area contributed by atoms with Crippen LogP contribution in [0.5, 0.6) is 0 Å². The standard InChI is InChI=1S/C8H9IN2O/c9-11-8(12)6-10-7-4-2-1-3-5-7/h1-5,10H,6H2,(H,11,12). The fourth-order valence-corrected chi connectivity index (χ4v) is 0.962. The molecule has 3 nitrogen and oxygen atoms in total. The van der Waals surface area contributed by atoms with Crippen LogP contribution in [0, 0.1) is 0 Å². The summed E-state index contributed by atoms with van der Waals surface area (Å²) in [5.41, 5.74) is 0.956. The van der Waals surface area contributed by atoms with Gasteiger partial charge in [0.25, 0.3) is 0 Å². The zero-order chi connectivity index (χ0) is 8.81. The van der Waals surface area contributed by atoms with Gasteiger partial charge in [-0.2, -0.15) is 0 Å². The minimum absolute atomic E-state index is 0.0283. The Kier molecular flexibility index (Phi) is 3.86. The third-order valence-corrected chi connectivity index (χ3v) is 1.93. The van der Waals surface area contributed by atoms with E-state index in [1.807, 2.05) is 53.2 Å². The van der Waals surface area contributed by atoms with Crippen molar-refractivity contribution in [3.8, 4) is 0 Å². The van der Waals surface area contributed by atoms with E-state index in [4.69, 9.17) is 0 Å². The van der Waals surface area contributed by atoms with Gasteiger partial charge in [0.15, 0.2) is 0 Å². The number of hydrogen-bond donors (Lipinski definition) is 2. The van der Waals surface area contributed by atoms with Crippen molar-refractivity contribution in [2.24, 2.45) is 0 Å². The average molecular weight is 276 g/mol. The van der Waals surface area contributed by atoms with Crippen molar-refractivity contribution in [3.05, 3.63) is 30.3 Å². The largest absolute Gasteiger partial charge is 0.376 e. The molecule has 0 aromatic heterocycles. The van der Waals surface area contributed by atoms with Gasteiger partial charge < -0.3 is 5.32 Å². The van der Waals surface area contributed by atoms with Crippen LogP contribution in [-0.4, -0.2) is 12.5 Å². The van der Waals surface area contributed by atoms with Crippen molar-refractivity contribution < 1.29 is 4.79 Å². The molecule has 0 heterocycles. The molecule has 2 N–H and O–H groups in total. The predicted octanol–water partition coefficient (Wildman–Crippen LogP) is 1.56. The van der Waals surface area contributed by atoms with Crippen LogP contribution in [0.3, 0.4) is 0 Å². The smallest absolute Gasteiger partial charge is 0.247 e. The van der Waals surface area contributed by atoms with Crippen molar-refractivity contribution in [3.63, 3.8) is 0 Å². The van der Waals surface area contributed by atoms with Gasteiger partial charge in [0.2, 0.25) is 5.91 Å². The maximum absolute atomic E-state index is 10.8. The van der Waals surface area contributed by atoms with Gasteiger partial charge >= 0.3 is 0 Å². The Morgan fingerprint density at radius 2 is 2.00 bits per heavy atom. The number of nitrogens with one attached hydrogen (secondary N) is 2. The minimum atomic E-state index is -0.0283. The number of amides is 1. The number of benzene rings is 1. The molecule has 0 saturated heterocycles. The van der Waals surface area contributed by atoms with Crippen LogP contribution in [-0.2, 0) is 4.79 Å². The Balaban J connectivity index is 2.38. The zero-order valence-corrected chi connectivity index (χ0v) is 8.54. The van der Waals surface area contributed by atoms with E-state index in [-0.39, 0.29) is 5.91 Å². The number of halogens is 1. The number of anilines is 1. The molecular weight excluding hydrogens is 267 g/mol. The van der Waals surface area contributed by atoms with E-state index in [1.165, 1.54) is 0 Å². The van der Waals surface area contributed by atoms with E-state index in [1.54, 1.807) is 0 Å². The van der Waals surface area contributed by atoms with Crippen LogP contribution >= 0.6 is 22.9 Å². The van der Waals surface area contributed by atoms with E-state index < -0.39 is 0 Å². The van der Waals surface area contributed by atoms with Gasteiger partial charge in [0.1, 0.15) is 0 Å². The maximum Gasteiger partial charge on any atom is 0.247 e. The van der Waals surface area contributed by atoms with Crippen molar-refractivity contribution >= 4 is 34.5 Å². The van der Waals surface area contributed by atoms with Crippen LogP contribution in [0.25, 0.3) is 0 Å². The summed E-state index contributed by atoms with van der Waals surface area (Å²) >= 11 is 1.82. The molecule has 1 amide bonds. The lowest BCUT2D eigenvalue weighted by Crippen LogP contribution is -2.21. The van der Waals surface area contributed by atoms with Gasteiger partial charge in [-0.15, -0.1) is 0 Å². The first-order chi connectivity index (χ1) is 5.83. The molecule has 4 heteroatoms. The highest BCUT2D eigenvalue weighted by Gasteiger charge is 1.96. The second kappa shape index (κ2) is 4.97. The highest BCUT2D eigenvalue weighted by atomic mass is 127. The normalized spacial score (nSPS) is 9.08. The summed E-state index contributed by atoms with van der Waals surface area (Å²) in [6.45, 7) is 0.312. The van der Waals surface area contributed by atoms with Crippen molar-refractivity contribution in [2.75, 3.05) is 11.9 Å². The van der Waals surface area contributed by atoms with E-state index in [0.717, 1.165) is 5.69 Å². The summed E-state index contributed by atoms with van der Waals surface area (Å²) in [6.07, 6.45) is 0. The van der Waals surface area contributed by atoms with E-state index in [0.29, 0.717) is 6.54 Å². The fourth-order valence-electron chi connectivity index (χ4n) is 0.772. The Morgan fingerprint density at radius 3 is 2.58 bits per heavy atom. The first-order valence-electron chi connectivity index (χ1n) is 3.51. The highest BCUT2D eigenvalue weighted by molar-refractivity contribution is 14.1. The van der Waals surface area contributed by atoms with Crippen LogP contribution in [0.1, 0.15) is 0 Å². The predicted molar refractivity (Wildman–Crippen MR) is 57.1 cm³/mol. The topological polar surface area (TPSA) is 41.1 Å². The Hall–Kier alpha value is -0.780. The molecule has 0 spiro atoms. The quantitative estimate of drug-likeness (QED) is 0.650. The molecule has 0 aliphatic carbocycles. The van der Waals surface area contributed by atoms with E-state index >= 15 is 0 Å². The molecule has 12 heavy (non-hydrogen) atoms. The first kappa shape index (κ1) is 9.31. The fraction of sp³-hybridized carbons (Fsp3) is 0.125. The molecule has 0 unspecified atom stereocenters. The Bertz CT molecular complexity index is 250. The summed E-state index contributed by atoms with van der Waals surface area (Å²) in [7, 11) is 0. The molecule has 1 rings (SSSR count). The Morgan fingerprint density at radius 1 is 1.33 bits per heavy atom. The third-order valence-electron chi connectivity index (χ3n) is 1.33. The minimum Gasteiger partial charge on any atom is -0.376 e. The Labute approximate surface area is 85.0 Å². The number of hydrogen-bond acceptors (Lipinski definition) is 2. The van der Waals surface area contributed by atoms with E-state index in [9.17, 15) is 4.79 Å². The molecule has 0 aliphatic rings. The summed E-state index contributed by atoms with van der Waals surface area (Å²) in [6, 6.07) is 9.61. The maximum atomic E-state index is 10.8. The lowest BCUT2D eigenvalue weighted by Gasteiger charge is -2.02. The molecular formula is C8H9IN2O. The molecule has 0 fully saturated rings. The third kappa shape index (κ3) is 3.08. The van der Waals surface area contributed by atoms with Gasteiger partial charge in [-0.05, 0) is 12.1 Å². The lowest BCUT2D eigenvalue weighted by molar-refractivity contribution is -0.117. The lowest BCUT2D eigenvalue weighted by atomic mass is 10.3. The summed E-state index contributed by atoms with van der Waals surface area (Å²) in [4.78, 5) is 10.8. The first-order valence-corrected chi connectivity index (χ1v) is 4.59. The summed E-state index contributed by atoms with van der Waals surface area (Å²) < 4.78 is 2.50. The van der Waals surface area contributed by atoms with Crippen molar-refractivity contribution in [2.45, 2.75) is 0 Å². The van der Waals surface area contributed by atoms with Gasteiger partial charge in [-0.3, -0.25) is 8.32 Å². The number of rotatable bonds is 3. The molecule has 1 aromatic rings. The van der Waals surface area contributed by atoms with E-state index in [2.05, 4.69) is 8.85 Å². The molecule has 1 aromatic carbocycles. The molecule has 0 saturated carbocycles. The molecule has 64 valence electrons. The molecule has 0 atom stereocenters. The van der Waals surface area contributed by atoms with Gasteiger partial charge in [0.05, 0.1) is 29.4 Å². The molecule has 0 bridgehead atoms. The van der Waals surface area contributed by atoms with Gasteiger partial charge in [-0.25, -0.2) is 0 Å². The average Bonchev–Trinajstić information content (AvgIpc) is 2.16. The number of carbonyl (C=O) groups is 1. The molecule has 0 radical (unpaired) electrons. The molecule has 0 aliphatic heterocycles. The van der Waals surface area contributed by atoms with Crippen LogP contribution in [0.2, 0.25) is 0 Å². The van der Waals surface area contributed by atoms with Crippen molar-refractivity contribution in [1.29, 1.82) is 0 Å². The number of carbonyl (C=O) groups excluding carboxylic acids is 1. The summed E-state index contributed by atoms with van der Waals surface area (Å²) in [5, 5.41) is 2.98. The monoisotopic (exact) mass is 276 g/mol. The van der Waals surface area contributed by atoms with Crippen LogP contribution < -0.4 is 8.85 Å². The number of para-hydroxylation sites is 1. The van der Waals surface area contributed by atoms with Crippen LogP contribution in [0.4, 0.5) is 5.69 Å². The van der Waals surface area contributed by atoms with Crippen molar-refractivity contribution in [1.82, 2.24) is 3.53 Å².